The fourth-order valence-electron chi connectivity index (χ4n) is 2.32. The van der Waals surface area contributed by atoms with Crippen molar-refractivity contribution in [3.63, 3.8) is 0 Å². The van der Waals surface area contributed by atoms with Gasteiger partial charge in [-0.15, -0.1) is 0 Å². The fraction of sp³-hybridized carbons (Fsp3) is 0.545. The predicted octanol–water partition coefficient (Wildman–Crippen LogP) is 1.57. The molecule has 0 aliphatic heterocycles. The molecule has 2 rings (SSSR count). The molecule has 1 aromatic heterocycles. The Morgan fingerprint density at radius 3 is 2.71 bits per heavy atom. The Bertz CT molecular complexity index is 335. The number of anilines is 1. The number of nitrogens with zero attached hydrogens (tertiary/aromatic N) is 1. The summed E-state index contributed by atoms with van der Waals surface area (Å²) in [6.07, 6.45) is 3.41. The molecule has 1 aliphatic rings. The zero-order valence-electron chi connectivity index (χ0n) is 8.53. The van der Waals surface area contributed by atoms with Crippen LogP contribution in [0.2, 0.25) is 0 Å². The highest BCUT2D eigenvalue weighted by molar-refractivity contribution is 5.35. The predicted molar refractivity (Wildman–Crippen MR) is 58.0 cm³/mol. The zero-order valence-corrected chi connectivity index (χ0v) is 8.53. The number of pyridine rings is 1. The molecule has 14 heavy (non-hydrogen) atoms. The van der Waals surface area contributed by atoms with Crippen LogP contribution in [0.3, 0.4) is 0 Å². The molecule has 3 nitrogen and oxygen atoms in total. The summed E-state index contributed by atoms with van der Waals surface area (Å²) < 4.78 is 0. The zero-order chi connectivity index (χ0) is 10.1. The second-order valence-corrected chi connectivity index (χ2v) is 4.18. The van der Waals surface area contributed by atoms with Crippen LogP contribution in [0.5, 0.6) is 0 Å². The van der Waals surface area contributed by atoms with Crippen molar-refractivity contribution in [2.45, 2.75) is 38.1 Å². The van der Waals surface area contributed by atoms with Crippen LogP contribution >= 0.6 is 0 Å². The summed E-state index contributed by atoms with van der Waals surface area (Å²) in [4.78, 5) is 4.28. The van der Waals surface area contributed by atoms with Crippen molar-refractivity contribution in [1.29, 1.82) is 0 Å². The Morgan fingerprint density at radius 2 is 2.14 bits per heavy atom. The van der Waals surface area contributed by atoms with Gasteiger partial charge < -0.3 is 11.5 Å². The van der Waals surface area contributed by atoms with Crippen LogP contribution in [-0.2, 0) is 0 Å². The van der Waals surface area contributed by atoms with Gasteiger partial charge in [0.2, 0.25) is 0 Å². The smallest absolute Gasteiger partial charge is 0.123 e. The topological polar surface area (TPSA) is 64.9 Å². The van der Waals surface area contributed by atoms with Crippen LogP contribution in [0.4, 0.5) is 5.82 Å². The molecular weight excluding hydrogens is 174 g/mol. The van der Waals surface area contributed by atoms with Gasteiger partial charge in [0.05, 0.1) is 0 Å². The number of hydrogen-bond donors (Lipinski definition) is 2. The summed E-state index contributed by atoms with van der Waals surface area (Å²) in [6, 6.07) is 4.35. The maximum absolute atomic E-state index is 5.90. The number of hydrogen-bond acceptors (Lipinski definition) is 3. The first kappa shape index (κ1) is 9.46. The molecule has 76 valence electrons. The molecule has 2 unspecified atom stereocenters. The van der Waals surface area contributed by atoms with E-state index in [0.29, 0.717) is 17.8 Å². The van der Waals surface area contributed by atoms with Gasteiger partial charge in [-0.3, -0.25) is 0 Å². The van der Waals surface area contributed by atoms with Gasteiger partial charge >= 0.3 is 0 Å². The average Bonchev–Trinajstić information content (AvgIpc) is 2.51. The van der Waals surface area contributed by atoms with Crippen LogP contribution in [0, 0.1) is 6.92 Å². The van der Waals surface area contributed by atoms with Crippen LogP contribution in [0.25, 0.3) is 0 Å². The lowest BCUT2D eigenvalue weighted by molar-refractivity contribution is 0.670. The lowest BCUT2D eigenvalue weighted by Crippen LogP contribution is -2.14. The first-order valence-corrected chi connectivity index (χ1v) is 5.15. The third-order valence-electron chi connectivity index (χ3n) is 3.06. The van der Waals surface area contributed by atoms with Gasteiger partial charge in [-0.25, -0.2) is 4.98 Å². The minimum absolute atomic E-state index is 0.372. The second kappa shape index (κ2) is 3.58. The van der Waals surface area contributed by atoms with Gasteiger partial charge in [0.25, 0.3) is 0 Å². The van der Waals surface area contributed by atoms with Crippen LogP contribution in [0.15, 0.2) is 12.1 Å². The average molecular weight is 191 g/mol. The van der Waals surface area contributed by atoms with Crippen LogP contribution in [0.1, 0.15) is 36.4 Å². The molecule has 0 amide bonds. The van der Waals surface area contributed by atoms with E-state index in [1.807, 2.05) is 13.0 Å². The first-order chi connectivity index (χ1) is 6.66. The number of aryl methyl sites for hydroxylation is 1. The van der Waals surface area contributed by atoms with Crippen molar-refractivity contribution in [1.82, 2.24) is 4.98 Å². The van der Waals surface area contributed by atoms with Gasteiger partial charge in [-0.2, -0.15) is 0 Å². The molecule has 1 fully saturated rings. The largest absolute Gasteiger partial charge is 0.384 e. The number of rotatable bonds is 1. The summed E-state index contributed by atoms with van der Waals surface area (Å²) >= 11 is 0. The molecule has 0 radical (unpaired) electrons. The monoisotopic (exact) mass is 191 g/mol. The Kier molecular flexibility index (Phi) is 2.42. The van der Waals surface area contributed by atoms with Gasteiger partial charge in [-0.1, -0.05) is 6.07 Å². The SMILES string of the molecule is Cc1nc(N)ccc1C1CCC(N)C1. The molecule has 0 saturated heterocycles. The molecule has 4 N–H and O–H groups in total. The fourth-order valence-corrected chi connectivity index (χ4v) is 2.32. The molecule has 0 aromatic carbocycles. The minimum atomic E-state index is 0.372. The third kappa shape index (κ3) is 1.73. The van der Waals surface area contributed by atoms with E-state index in [1.165, 1.54) is 12.0 Å². The molecule has 3 heteroatoms. The Morgan fingerprint density at radius 1 is 1.36 bits per heavy atom. The summed E-state index contributed by atoms with van der Waals surface area (Å²) in [7, 11) is 0. The summed E-state index contributed by atoms with van der Waals surface area (Å²) in [6.45, 7) is 2.02. The lowest BCUT2D eigenvalue weighted by atomic mass is 9.96. The minimum Gasteiger partial charge on any atom is -0.384 e. The maximum atomic E-state index is 5.90. The van der Waals surface area contributed by atoms with Gasteiger partial charge in [0, 0.05) is 11.7 Å². The van der Waals surface area contributed by atoms with E-state index in [9.17, 15) is 0 Å². The van der Waals surface area contributed by atoms with Crippen molar-refractivity contribution in [2.24, 2.45) is 5.73 Å². The Labute approximate surface area is 84.5 Å². The number of aromatic nitrogens is 1. The number of nitrogen functional groups attached to an aromatic ring is 1. The second-order valence-electron chi connectivity index (χ2n) is 4.18. The standard InChI is InChI=1S/C11H17N3/c1-7-10(4-5-11(13)14-7)8-2-3-9(12)6-8/h4-5,8-9H,2-3,6,12H2,1H3,(H2,13,14). The molecular formula is C11H17N3. The van der Waals surface area contributed by atoms with Crippen molar-refractivity contribution in [3.8, 4) is 0 Å². The highest BCUT2D eigenvalue weighted by Crippen LogP contribution is 2.34. The normalized spacial score (nSPS) is 26.7. The quantitative estimate of drug-likeness (QED) is 0.708. The highest BCUT2D eigenvalue weighted by Gasteiger charge is 2.24. The van der Waals surface area contributed by atoms with Gasteiger partial charge in [-0.05, 0) is 43.7 Å². The highest BCUT2D eigenvalue weighted by atomic mass is 14.8. The van der Waals surface area contributed by atoms with Gasteiger partial charge in [0.15, 0.2) is 0 Å². The number of nitrogens with two attached hydrogens (primary N) is 2. The summed E-state index contributed by atoms with van der Waals surface area (Å²) in [5.74, 6) is 1.20. The molecule has 1 heterocycles. The van der Waals surface area contributed by atoms with E-state index in [1.54, 1.807) is 0 Å². The third-order valence-corrected chi connectivity index (χ3v) is 3.06. The maximum Gasteiger partial charge on any atom is 0.123 e. The van der Waals surface area contributed by atoms with Crippen molar-refractivity contribution in [2.75, 3.05) is 5.73 Å². The van der Waals surface area contributed by atoms with Crippen molar-refractivity contribution < 1.29 is 0 Å². The molecule has 0 bridgehead atoms. The van der Waals surface area contributed by atoms with Crippen LogP contribution < -0.4 is 11.5 Å². The van der Waals surface area contributed by atoms with E-state index in [2.05, 4.69) is 11.1 Å². The van der Waals surface area contributed by atoms with Gasteiger partial charge in [0.1, 0.15) is 5.82 Å². The molecule has 0 spiro atoms. The molecule has 2 atom stereocenters. The van der Waals surface area contributed by atoms with E-state index in [0.717, 1.165) is 18.5 Å². The molecule has 1 aliphatic carbocycles. The Hall–Kier alpha value is -1.09. The first-order valence-electron chi connectivity index (χ1n) is 5.15. The lowest BCUT2D eigenvalue weighted by Gasteiger charge is -2.12. The summed E-state index contributed by atoms with van der Waals surface area (Å²) in [5.41, 5.74) is 13.9. The Balaban J connectivity index is 2.24. The van der Waals surface area contributed by atoms with E-state index in [4.69, 9.17) is 11.5 Å². The van der Waals surface area contributed by atoms with E-state index >= 15 is 0 Å². The van der Waals surface area contributed by atoms with Crippen molar-refractivity contribution >= 4 is 5.82 Å². The summed E-state index contributed by atoms with van der Waals surface area (Å²) in [5, 5.41) is 0. The van der Waals surface area contributed by atoms with Crippen LogP contribution in [-0.4, -0.2) is 11.0 Å². The molecule has 1 saturated carbocycles. The molecule has 1 aromatic rings. The van der Waals surface area contributed by atoms with E-state index in [-0.39, 0.29) is 0 Å². The van der Waals surface area contributed by atoms with Crippen molar-refractivity contribution in [3.05, 3.63) is 23.4 Å². The van der Waals surface area contributed by atoms with E-state index < -0.39 is 0 Å².